The van der Waals surface area contributed by atoms with Crippen LogP contribution in [0.15, 0.2) is 18.2 Å². The van der Waals surface area contributed by atoms with E-state index < -0.39 is 4.92 Å². The van der Waals surface area contributed by atoms with E-state index in [0.29, 0.717) is 17.7 Å². The number of nitrogens with one attached hydrogen (secondary N) is 1. The number of rotatable bonds is 4. The Labute approximate surface area is 117 Å². The van der Waals surface area contributed by atoms with Gasteiger partial charge in [-0.05, 0) is 31.9 Å². The Hall–Kier alpha value is -1.95. The van der Waals surface area contributed by atoms with Gasteiger partial charge < -0.3 is 11.1 Å². The fourth-order valence-electron chi connectivity index (χ4n) is 2.72. The molecule has 1 aromatic carbocycles. The van der Waals surface area contributed by atoms with Crippen molar-refractivity contribution in [3.8, 4) is 0 Å². The highest BCUT2D eigenvalue weighted by Crippen LogP contribution is 2.30. The second kappa shape index (κ2) is 5.58. The zero-order chi connectivity index (χ0) is 14.8. The Kier molecular flexibility index (Phi) is 4.04. The molecule has 6 nitrogen and oxygen atoms in total. The van der Waals surface area contributed by atoms with E-state index in [1.54, 1.807) is 19.1 Å². The largest absolute Gasteiger partial charge is 0.326 e. The van der Waals surface area contributed by atoms with Crippen LogP contribution in [0.1, 0.15) is 37.7 Å². The molecule has 20 heavy (non-hydrogen) atoms. The van der Waals surface area contributed by atoms with Crippen LogP contribution in [-0.2, 0) is 4.79 Å². The highest BCUT2D eigenvalue weighted by molar-refractivity contribution is 5.91. The molecular weight excluding hydrogens is 258 g/mol. The van der Waals surface area contributed by atoms with Gasteiger partial charge in [0, 0.05) is 29.3 Å². The minimum Gasteiger partial charge on any atom is -0.326 e. The number of nitro groups is 1. The molecule has 0 bridgehead atoms. The molecule has 1 saturated carbocycles. The summed E-state index contributed by atoms with van der Waals surface area (Å²) in [5.41, 5.74) is 6.91. The number of nitro benzene ring substituents is 1. The molecule has 0 aliphatic heterocycles. The van der Waals surface area contributed by atoms with E-state index in [4.69, 9.17) is 5.73 Å². The topological polar surface area (TPSA) is 98.3 Å². The molecule has 0 unspecified atom stereocenters. The van der Waals surface area contributed by atoms with E-state index in [1.807, 2.05) is 0 Å². The number of hydrogen-bond acceptors (Lipinski definition) is 4. The number of benzene rings is 1. The van der Waals surface area contributed by atoms with Gasteiger partial charge in [-0.3, -0.25) is 14.9 Å². The number of amides is 1. The molecule has 1 amide bonds. The highest BCUT2D eigenvalue weighted by atomic mass is 16.6. The SMILES string of the molecule is Cc1cc(NC(=O)CC2(N)CCCC2)ccc1[N+](=O)[O-]. The first-order valence-corrected chi connectivity index (χ1v) is 6.73. The molecule has 6 heteroatoms. The lowest BCUT2D eigenvalue weighted by atomic mass is 9.94. The molecule has 0 heterocycles. The molecule has 1 aromatic rings. The predicted molar refractivity (Wildman–Crippen MR) is 76.5 cm³/mol. The molecule has 1 fully saturated rings. The summed E-state index contributed by atoms with van der Waals surface area (Å²) in [5, 5.41) is 13.5. The van der Waals surface area contributed by atoms with Crippen molar-refractivity contribution in [2.75, 3.05) is 5.32 Å². The Morgan fingerprint density at radius 1 is 1.45 bits per heavy atom. The van der Waals surface area contributed by atoms with Gasteiger partial charge in [0.15, 0.2) is 0 Å². The fraction of sp³-hybridized carbons (Fsp3) is 0.500. The van der Waals surface area contributed by atoms with Gasteiger partial charge in [-0.1, -0.05) is 12.8 Å². The van der Waals surface area contributed by atoms with Crippen molar-refractivity contribution in [2.24, 2.45) is 5.73 Å². The first-order valence-electron chi connectivity index (χ1n) is 6.73. The summed E-state index contributed by atoms with van der Waals surface area (Å²) in [6, 6.07) is 4.55. The fourth-order valence-corrected chi connectivity index (χ4v) is 2.72. The van der Waals surface area contributed by atoms with Crippen LogP contribution < -0.4 is 11.1 Å². The van der Waals surface area contributed by atoms with Crippen molar-refractivity contribution in [2.45, 2.75) is 44.6 Å². The van der Waals surface area contributed by atoms with E-state index in [2.05, 4.69) is 5.32 Å². The highest BCUT2D eigenvalue weighted by Gasteiger charge is 2.31. The molecule has 1 aliphatic carbocycles. The van der Waals surface area contributed by atoms with Crippen LogP contribution >= 0.6 is 0 Å². The van der Waals surface area contributed by atoms with Crippen LogP contribution in [0.25, 0.3) is 0 Å². The van der Waals surface area contributed by atoms with Gasteiger partial charge in [-0.25, -0.2) is 0 Å². The van der Waals surface area contributed by atoms with E-state index in [0.717, 1.165) is 25.7 Å². The molecule has 2 rings (SSSR count). The Bertz CT molecular complexity index is 536. The van der Waals surface area contributed by atoms with E-state index >= 15 is 0 Å². The smallest absolute Gasteiger partial charge is 0.272 e. The zero-order valence-electron chi connectivity index (χ0n) is 11.5. The Morgan fingerprint density at radius 3 is 2.65 bits per heavy atom. The molecule has 1 aliphatic rings. The van der Waals surface area contributed by atoms with Crippen LogP contribution in [0, 0.1) is 17.0 Å². The van der Waals surface area contributed by atoms with Gasteiger partial charge in [-0.2, -0.15) is 0 Å². The molecular formula is C14H19N3O3. The van der Waals surface area contributed by atoms with Gasteiger partial charge in [0.05, 0.1) is 4.92 Å². The Balaban J connectivity index is 2.01. The van der Waals surface area contributed by atoms with Crippen molar-refractivity contribution in [3.63, 3.8) is 0 Å². The van der Waals surface area contributed by atoms with Gasteiger partial charge >= 0.3 is 0 Å². The average molecular weight is 277 g/mol. The molecule has 0 spiro atoms. The van der Waals surface area contributed by atoms with Crippen molar-refractivity contribution < 1.29 is 9.72 Å². The lowest BCUT2D eigenvalue weighted by Gasteiger charge is -2.22. The van der Waals surface area contributed by atoms with Crippen LogP contribution in [0.3, 0.4) is 0 Å². The van der Waals surface area contributed by atoms with Crippen LogP contribution in [-0.4, -0.2) is 16.4 Å². The van der Waals surface area contributed by atoms with Crippen molar-refractivity contribution in [1.29, 1.82) is 0 Å². The van der Waals surface area contributed by atoms with Gasteiger partial charge in [0.2, 0.25) is 5.91 Å². The number of carbonyl (C=O) groups is 1. The van der Waals surface area contributed by atoms with Crippen LogP contribution in [0.2, 0.25) is 0 Å². The second-order valence-electron chi connectivity index (χ2n) is 5.55. The first-order chi connectivity index (χ1) is 9.39. The summed E-state index contributed by atoms with van der Waals surface area (Å²) >= 11 is 0. The summed E-state index contributed by atoms with van der Waals surface area (Å²) < 4.78 is 0. The number of anilines is 1. The summed E-state index contributed by atoms with van der Waals surface area (Å²) in [4.78, 5) is 22.3. The number of carbonyl (C=O) groups excluding carboxylic acids is 1. The third-order valence-electron chi connectivity index (χ3n) is 3.79. The van der Waals surface area contributed by atoms with E-state index in [-0.39, 0.29) is 17.1 Å². The Morgan fingerprint density at radius 2 is 2.10 bits per heavy atom. The lowest BCUT2D eigenvalue weighted by molar-refractivity contribution is -0.385. The molecule has 3 N–H and O–H groups in total. The van der Waals surface area contributed by atoms with Crippen LogP contribution in [0.4, 0.5) is 11.4 Å². The van der Waals surface area contributed by atoms with Gasteiger partial charge in [-0.15, -0.1) is 0 Å². The standard InChI is InChI=1S/C14H19N3O3/c1-10-8-11(4-5-12(10)17(19)20)16-13(18)9-14(15)6-2-3-7-14/h4-5,8H,2-3,6-7,9,15H2,1H3,(H,16,18). The normalized spacial score (nSPS) is 16.9. The van der Waals surface area contributed by atoms with Gasteiger partial charge in [0.1, 0.15) is 0 Å². The van der Waals surface area contributed by atoms with E-state index in [9.17, 15) is 14.9 Å². The molecule has 108 valence electrons. The minimum atomic E-state index is -0.436. The number of hydrogen-bond donors (Lipinski definition) is 2. The number of aryl methyl sites for hydroxylation is 1. The summed E-state index contributed by atoms with van der Waals surface area (Å²) in [5.74, 6) is -0.136. The third kappa shape index (κ3) is 3.33. The van der Waals surface area contributed by atoms with Crippen molar-refractivity contribution >= 4 is 17.3 Å². The lowest BCUT2D eigenvalue weighted by Crippen LogP contribution is -2.40. The third-order valence-corrected chi connectivity index (χ3v) is 3.79. The van der Waals surface area contributed by atoms with Crippen LogP contribution in [0.5, 0.6) is 0 Å². The maximum absolute atomic E-state index is 12.0. The minimum absolute atomic E-state index is 0.0501. The monoisotopic (exact) mass is 277 g/mol. The second-order valence-corrected chi connectivity index (χ2v) is 5.55. The first kappa shape index (κ1) is 14.5. The maximum atomic E-state index is 12.0. The molecule has 0 radical (unpaired) electrons. The quantitative estimate of drug-likeness (QED) is 0.652. The van der Waals surface area contributed by atoms with Gasteiger partial charge in [0.25, 0.3) is 5.69 Å². The average Bonchev–Trinajstić information content (AvgIpc) is 2.74. The summed E-state index contributed by atoms with van der Waals surface area (Å²) in [6.07, 6.45) is 4.18. The number of nitrogens with two attached hydrogens (primary N) is 1. The summed E-state index contributed by atoms with van der Waals surface area (Å²) in [7, 11) is 0. The van der Waals surface area contributed by atoms with Crippen molar-refractivity contribution in [3.05, 3.63) is 33.9 Å². The molecule has 0 aromatic heterocycles. The zero-order valence-corrected chi connectivity index (χ0v) is 11.5. The maximum Gasteiger partial charge on any atom is 0.272 e. The molecule has 0 saturated heterocycles. The summed E-state index contributed by atoms with van der Waals surface area (Å²) in [6.45, 7) is 1.65. The van der Waals surface area contributed by atoms with Crippen molar-refractivity contribution in [1.82, 2.24) is 0 Å². The predicted octanol–water partition coefficient (Wildman–Crippen LogP) is 2.50. The van der Waals surface area contributed by atoms with E-state index in [1.165, 1.54) is 6.07 Å². The number of nitrogens with zero attached hydrogens (tertiary/aromatic N) is 1. The molecule has 0 atom stereocenters.